The van der Waals surface area contributed by atoms with E-state index in [4.69, 9.17) is 34.2 Å². The topological polar surface area (TPSA) is 404 Å². The number of aliphatic hydroxyl groups is 1. The SMILES string of the molecule is CC(C)[C@H](NC(=O)CCOCCOCCOCCOCCNC(=O)CCC(=O)N1Cc2ccccc2/C=C\c2ccccc21)C(O)N[C@@H](CCCNC(N)=O)C(=O)Nc1ccc(COC(=O)NCC(=O)NCOCC(=O)Nc2ccc3c(c2)[C@@]2(C)CCC[C@](C)(C(=O)NC(=O)[C@@]4(C)CCC[C@]5(C)c6cc(O)ccc6CC[C@@H]45)[C@@H]2CC3)cc1. The van der Waals surface area contributed by atoms with Crippen LogP contribution in [0.15, 0.2) is 109 Å². The Labute approximate surface area is 684 Å². The fourth-order valence-electron chi connectivity index (χ4n) is 17.7. The van der Waals surface area contributed by atoms with Crippen molar-refractivity contribution in [3.8, 4) is 5.75 Å². The van der Waals surface area contributed by atoms with Gasteiger partial charge < -0.3 is 86.5 Å². The lowest BCUT2D eigenvalue weighted by molar-refractivity contribution is -0.150. The first-order chi connectivity index (χ1) is 56.2. The molecule has 2 fully saturated rings. The third-order valence-corrected chi connectivity index (χ3v) is 24.0. The maximum atomic E-state index is 14.7. The van der Waals surface area contributed by atoms with E-state index in [0.717, 1.165) is 90.4 Å². The van der Waals surface area contributed by atoms with Crippen molar-refractivity contribution < 1.29 is 86.6 Å². The minimum absolute atomic E-state index is 0.000162. The van der Waals surface area contributed by atoms with Gasteiger partial charge in [0.2, 0.25) is 47.3 Å². The number of nitrogens with one attached hydrogen (secondary N) is 9. The van der Waals surface area contributed by atoms with Crippen molar-refractivity contribution in [1.29, 1.82) is 0 Å². The number of aromatic hydroxyl groups is 1. The number of carbonyl (C=O) groups excluding carboxylic acids is 10. The number of phenols is 1. The first-order valence-electron chi connectivity index (χ1n) is 40.9. The molecule has 1 aliphatic heterocycles. The van der Waals surface area contributed by atoms with Crippen LogP contribution < -0.4 is 58.5 Å². The summed E-state index contributed by atoms with van der Waals surface area (Å²) >= 11 is 0. The third kappa shape index (κ3) is 24.1. The van der Waals surface area contributed by atoms with E-state index in [1.54, 1.807) is 49.1 Å². The number of rotatable bonds is 40. The zero-order chi connectivity index (χ0) is 83.7. The normalized spacial score (nSPS) is 21.3. The maximum Gasteiger partial charge on any atom is 0.407 e. The summed E-state index contributed by atoms with van der Waals surface area (Å²) in [6.45, 7) is 13.5. The number of fused-ring (bicyclic) bond motifs is 8. The lowest BCUT2D eigenvalue weighted by Gasteiger charge is -2.56. The van der Waals surface area contributed by atoms with Gasteiger partial charge in [0.05, 0.1) is 88.0 Å². The first-order valence-corrected chi connectivity index (χ1v) is 40.9. The molecule has 1 unspecified atom stereocenters. The Morgan fingerprint density at radius 1 is 0.573 bits per heavy atom. The third-order valence-electron chi connectivity index (χ3n) is 24.0. The highest BCUT2D eigenvalue weighted by Crippen LogP contribution is 2.60. The number of phenolic OH excluding ortho intramolecular Hbond substituents is 1. The highest BCUT2D eigenvalue weighted by Gasteiger charge is 2.59. The molecule has 117 heavy (non-hydrogen) atoms. The van der Waals surface area contributed by atoms with Crippen molar-refractivity contribution in [3.05, 3.63) is 154 Å². The molecule has 0 radical (unpaired) electrons. The van der Waals surface area contributed by atoms with Crippen LogP contribution in [0, 0.1) is 28.6 Å². The minimum Gasteiger partial charge on any atom is -0.508 e. The first kappa shape index (κ1) is 89.2. The molecule has 0 aromatic heterocycles. The second-order valence-corrected chi connectivity index (χ2v) is 32.4. The number of nitrogens with two attached hydrogens (primary N) is 1. The number of carbonyl (C=O) groups is 10. The van der Waals surface area contributed by atoms with Gasteiger partial charge in [-0.05, 0) is 180 Å². The van der Waals surface area contributed by atoms with Gasteiger partial charge in [0.15, 0.2) is 0 Å². The van der Waals surface area contributed by atoms with Crippen LogP contribution in [0.1, 0.15) is 170 Å². The monoisotopic (exact) mass is 1620 g/mol. The standard InChI is InChI=1S/C88H117N11O18/c1-57(2)78(97-74(102)35-42-112-44-46-114-48-49-115-47-45-113-43-41-90-73(101)33-34-77(105)99-53-63-16-8-7-14-59(63)21-22-62-15-9-10-18-70(62)99)80(107)96-69(17-11-40-91-83(89)110)79(106)95-64-27-19-58(20-28-64)54-117-84(111)92-52-75(103)93-56-116-55-76(104)94-65-29-23-60-25-31-71-85(3,67(60)50-65)36-12-38-87(71,5)81(108)98-82(109)88(6)39-13-37-86(4)68-51-66(100)30-24-61(68)26-32-72(86)88/h7-10,14-16,18-24,27-30,50-51,57,69,71-72,78,80,96,100,107H,11-13,17,25-26,31-49,52-56H2,1-6H3,(H,90,101)(H,92,111)(H,93,103)(H,94,104)(H,95,106)(H,97,102)(H3,89,91,110)(H,98,108,109)/b22-21-/t69-,71+,72+,78-,80?,85+,86+,87-,88-/m0/s1. The molecule has 1 heterocycles. The molecule has 0 spiro atoms. The summed E-state index contributed by atoms with van der Waals surface area (Å²) in [7, 11) is 0. The summed E-state index contributed by atoms with van der Waals surface area (Å²) in [5, 5.41) is 46.6. The van der Waals surface area contributed by atoms with Gasteiger partial charge in [0, 0.05) is 43.7 Å². The Morgan fingerprint density at radius 3 is 1.83 bits per heavy atom. The summed E-state index contributed by atoms with van der Waals surface area (Å²) in [5.41, 5.74) is 12.7. The molecule has 13 N–H and O–H groups in total. The quantitative estimate of drug-likeness (QED) is 0.00991. The van der Waals surface area contributed by atoms with Crippen LogP contribution in [0.2, 0.25) is 0 Å². The fraction of sp³-hybridized carbons (Fsp3) is 0.523. The van der Waals surface area contributed by atoms with Gasteiger partial charge in [-0.25, -0.2) is 9.59 Å². The van der Waals surface area contributed by atoms with Crippen molar-refractivity contribution in [2.75, 3.05) is 101 Å². The largest absolute Gasteiger partial charge is 0.508 e. The minimum atomic E-state index is -1.39. The van der Waals surface area contributed by atoms with E-state index in [1.807, 2.05) is 98.8 Å². The molecule has 5 aromatic carbocycles. The van der Waals surface area contributed by atoms with Crippen molar-refractivity contribution in [2.24, 2.45) is 34.3 Å². The van der Waals surface area contributed by atoms with Crippen molar-refractivity contribution in [1.82, 2.24) is 37.2 Å². The lowest BCUT2D eigenvalue weighted by Crippen LogP contribution is -2.60. The number of hydrogen-bond acceptors (Lipinski definition) is 19. The van der Waals surface area contributed by atoms with Crippen LogP contribution >= 0.6 is 0 Å². The molecular formula is C88H117N11O18. The number of aliphatic hydroxyl groups excluding tert-OH is 1. The number of hydrogen-bond donors (Lipinski definition) is 12. The Hall–Kier alpha value is -10.1. The van der Waals surface area contributed by atoms with Crippen LogP contribution in [-0.2, 0) is 104 Å². The van der Waals surface area contributed by atoms with Crippen LogP contribution in [0.3, 0.4) is 0 Å². The van der Waals surface area contributed by atoms with Crippen LogP contribution in [0.5, 0.6) is 5.75 Å². The van der Waals surface area contributed by atoms with Gasteiger partial charge in [-0.3, -0.25) is 49.0 Å². The Morgan fingerprint density at radius 2 is 1.17 bits per heavy atom. The molecular weight excluding hydrogens is 1500 g/mol. The van der Waals surface area contributed by atoms with Gasteiger partial charge in [0.25, 0.3) is 0 Å². The van der Waals surface area contributed by atoms with Gasteiger partial charge in [-0.1, -0.05) is 133 Å². The maximum absolute atomic E-state index is 14.7. The smallest absolute Gasteiger partial charge is 0.407 e. The molecule has 29 nitrogen and oxygen atoms in total. The second kappa shape index (κ2) is 42.3. The Bertz CT molecular complexity index is 4330. The average Bonchev–Trinajstić information content (AvgIpc) is 0.721. The number of imide groups is 1. The van der Waals surface area contributed by atoms with E-state index in [-0.39, 0.29) is 138 Å². The molecule has 5 aliphatic rings. The summed E-state index contributed by atoms with van der Waals surface area (Å²) in [6.07, 6.45) is 10.1. The van der Waals surface area contributed by atoms with E-state index in [9.17, 15) is 58.2 Å². The number of benzene rings is 5. The van der Waals surface area contributed by atoms with Gasteiger partial charge in [0.1, 0.15) is 38.5 Å². The number of anilines is 3. The second-order valence-electron chi connectivity index (χ2n) is 32.4. The number of aryl methyl sites for hydroxylation is 2. The van der Waals surface area contributed by atoms with Gasteiger partial charge in [-0.15, -0.1) is 0 Å². The molecule has 9 atom stereocenters. The van der Waals surface area contributed by atoms with Gasteiger partial charge in [-0.2, -0.15) is 0 Å². The molecule has 0 bridgehead atoms. The summed E-state index contributed by atoms with van der Waals surface area (Å²) in [6, 6.07) is 30.9. The molecule has 29 heteroatoms. The highest BCUT2D eigenvalue weighted by atomic mass is 16.6. The molecule has 0 saturated heterocycles. The van der Waals surface area contributed by atoms with Crippen molar-refractivity contribution in [3.63, 3.8) is 0 Å². The molecule has 10 rings (SSSR count). The van der Waals surface area contributed by atoms with E-state index in [2.05, 4.69) is 67.8 Å². The number of primary amides is 1. The number of amides is 11. The molecule has 2 saturated carbocycles. The number of nitrogens with zero attached hydrogens (tertiary/aromatic N) is 1. The number of ether oxygens (including phenoxy) is 6. The number of alkyl carbamates (subject to hydrolysis) is 1. The molecule has 11 amide bonds. The lowest BCUT2D eigenvalue weighted by atomic mass is 9.49. The zero-order valence-corrected chi connectivity index (χ0v) is 68.2. The zero-order valence-electron chi connectivity index (χ0n) is 68.2. The summed E-state index contributed by atoms with van der Waals surface area (Å²) in [4.78, 5) is 134. The van der Waals surface area contributed by atoms with Crippen LogP contribution in [0.25, 0.3) is 12.2 Å². The highest BCUT2D eigenvalue weighted by molar-refractivity contribution is 6.01. The van der Waals surface area contributed by atoms with Crippen LogP contribution in [0.4, 0.5) is 26.7 Å². The fourth-order valence-corrected chi connectivity index (χ4v) is 17.7. The molecule has 632 valence electrons. The Balaban J connectivity index is 0.562. The van der Waals surface area contributed by atoms with Crippen LogP contribution in [-0.4, -0.2) is 174 Å². The number of para-hydroxylation sites is 1. The molecule has 4 aliphatic carbocycles. The van der Waals surface area contributed by atoms with E-state index in [1.165, 1.54) is 5.56 Å². The summed E-state index contributed by atoms with van der Waals surface area (Å²) < 4.78 is 33.2. The van der Waals surface area contributed by atoms with Crippen molar-refractivity contribution >= 4 is 88.6 Å². The Kier molecular flexibility index (Phi) is 32.3. The van der Waals surface area contributed by atoms with E-state index >= 15 is 0 Å². The van der Waals surface area contributed by atoms with Gasteiger partial charge >= 0.3 is 12.1 Å². The predicted octanol–water partition coefficient (Wildman–Crippen LogP) is 8.59. The number of urea groups is 1. The predicted molar refractivity (Wildman–Crippen MR) is 440 cm³/mol. The average molecular weight is 1620 g/mol. The van der Waals surface area contributed by atoms with Crippen molar-refractivity contribution in [2.45, 2.75) is 180 Å². The molecule has 5 aromatic rings. The van der Waals surface area contributed by atoms with E-state index in [0.29, 0.717) is 69.2 Å². The summed E-state index contributed by atoms with van der Waals surface area (Å²) in [5.74, 6) is -2.98. The van der Waals surface area contributed by atoms with E-state index < -0.39 is 76.9 Å².